The van der Waals surface area contributed by atoms with E-state index in [0.29, 0.717) is 23.8 Å². The summed E-state index contributed by atoms with van der Waals surface area (Å²) in [7, 11) is 0. The maximum atomic E-state index is 12.6. The minimum atomic E-state index is 0.103. The highest BCUT2D eigenvalue weighted by Gasteiger charge is 2.24. The van der Waals surface area contributed by atoms with Crippen LogP contribution in [-0.4, -0.2) is 37.0 Å². The Bertz CT molecular complexity index is 724. The summed E-state index contributed by atoms with van der Waals surface area (Å²) in [5, 5.41) is 0.656. The Morgan fingerprint density at radius 2 is 1.78 bits per heavy atom. The van der Waals surface area contributed by atoms with E-state index in [1.807, 2.05) is 48.2 Å². The number of hydrogen-bond acceptors (Lipinski definition) is 3. The molecule has 0 radical (unpaired) electrons. The molecule has 2 N–H and O–H groups in total. The maximum absolute atomic E-state index is 12.6. The first-order valence-electron chi connectivity index (χ1n) is 7.71. The number of benzene rings is 2. The van der Waals surface area contributed by atoms with Crippen LogP contribution in [0.3, 0.4) is 0 Å². The standard InChI is InChI=1S/C18H20ClN3O/c1-13-4-2-3-5-15(13)18(23)22-10-8-21(9-11-22)17-7-6-14(20)12-16(17)19/h2-7,12H,8-11,20H2,1H3. The molecular formula is C18H20ClN3O. The Morgan fingerprint density at radius 1 is 1.09 bits per heavy atom. The Balaban J connectivity index is 1.69. The van der Waals surface area contributed by atoms with Gasteiger partial charge in [-0.05, 0) is 36.8 Å². The fourth-order valence-electron chi connectivity index (χ4n) is 2.91. The molecule has 1 aliphatic rings. The molecule has 0 aliphatic carbocycles. The van der Waals surface area contributed by atoms with Gasteiger partial charge in [-0.3, -0.25) is 4.79 Å². The second-order valence-electron chi connectivity index (χ2n) is 5.81. The molecule has 0 saturated carbocycles. The van der Waals surface area contributed by atoms with Crippen molar-refractivity contribution >= 4 is 28.9 Å². The molecule has 2 aromatic carbocycles. The number of nitrogens with zero attached hydrogens (tertiary/aromatic N) is 2. The molecule has 0 atom stereocenters. The number of nitrogen functional groups attached to an aromatic ring is 1. The molecule has 1 aliphatic heterocycles. The minimum Gasteiger partial charge on any atom is -0.399 e. The van der Waals surface area contributed by atoms with Gasteiger partial charge in [0.2, 0.25) is 0 Å². The summed E-state index contributed by atoms with van der Waals surface area (Å²) in [5.74, 6) is 0.103. The van der Waals surface area contributed by atoms with Gasteiger partial charge in [0.1, 0.15) is 0 Å². The van der Waals surface area contributed by atoms with E-state index in [-0.39, 0.29) is 5.91 Å². The average molecular weight is 330 g/mol. The molecule has 1 amide bonds. The van der Waals surface area contributed by atoms with Gasteiger partial charge in [-0.1, -0.05) is 29.8 Å². The fourth-order valence-corrected chi connectivity index (χ4v) is 3.22. The number of aryl methyl sites for hydroxylation is 1. The SMILES string of the molecule is Cc1ccccc1C(=O)N1CCN(c2ccc(N)cc2Cl)CC1. The van der Waals surface area contributed by atoms with Crippen molar-refractivity contribution in [3.05, 3.63) is 58.6 Å². The molecule has 1 heterocycles. The van der Waals surface area contributed by atoms with E-state index < -0.39 is 0 Å². The zero-order chi connectivity index (χ0) is 16.4. The van der Waals surface area contributed by atoms with E-state index in [4.69, 9.17) is 17.3 Å². The van der Waals surface area contributed by atoms with Gasteiger partial charge in [-0.15, -0.1) is 0 Å². The topological polar surface area (TPSA) is 49.6 Å². The second kappa shape index (κ2) is 6.50. The molecule has 0 unspecified atom stereocenters. The molecule has 0 bridgehead atoms. The van der Waals surface area contributed by atoms with Gasteiger partial charge in [0, 0.05) is 37.4 Å². The van der Waals surface area contributed by atoms with E-state index in [9.17, 15) is 4.79 Å². The van der Waals surface area contributed by atoms with Crippen molar-refractivity contribution in [1.82, 2.24) is 4.90 Å². The zero-order valence-corrected chi connectivity index (χ0v) is 13.9. The quantitative estimate of drug-likeness (QED) is 0.861. The van der Waals surface area contributed by atoms with Crippen molar-refractivity contribution in [3.63, 3.8) is 0 Å². The van der Waals surface area contributed by atoms with E-state index in [1.165, 1.54) is 0 Å². The van der Waals surface area contributed by atoms with Gasteiger partial charge < -0.3 is 15.5 Å². The third kappa shape index (κ3) is 3.27. The summed E-state index contributed by atoms with van der Waals surface area (Å²) in [6.07, 6.45) is 0. The molecule has 2 aromatic rings. The number of nitrogens with two attached hydrogens (primary N) is 1. The predicted octanol–water partition coefficient (Wildman–Crippen LogP) is 3.19. The lowest BCUT2D eigenvalue weighted by atomic mass is 10.1. The minimum absolute atomic E-state index is 0.103. The summed E-state index contributed by atoms with van der Waals surface area (Å²) in [6.45, 7) is 4.88. The Labute approximate surface area is 141 Å². The number of rotatable bonds is 2. The van der Waals surface area contributed by atoms with Crippen LogP contribution in [0.25, 0.3) is 0 Å². The summed E-state index contributed by atoms with van der Waals surface area (Å²) in [5.41, 5.74) is 9.18. The summed E-state index contributed by atoms with van der Waals surface area (Å²) < 4.78 is 0. The van der Waals surface area contributed by atoms with Crippen LogP contribution in [0.1, 0.15) is 15.9 Å². The smallest absolute Gasteiger partial charge is 0.254 e. The zero-order valence-electron chi connectivity index (χ0n) is 13.1. The molecule has 0 aromatic heterocycles. The van der Waals surface area contributed by atoms with Crippen LogP contribution >= 0.6 is 11.6 Å². The molecule has 1 saturated heterocycles. The van der Waals surface area contributed by atoms with E-state index >= 15 is 0 Å². The van der Waals surface area contributed by atoms with Gasteiger partial charge in [0.05, 0.1) is 10.7 Å². The van der Waals surface area contributed by atoms with Crippen LogP contribution in [0.15, 0.2) is 42.5 Å². The monoisotopic (exact) mass is 329 g/mol. The normalized spacial score (nSPS) is 14.9. The number of halogens is 1. The first-order valence-corrected chi connectivity index (χ1v) is 8.09. The van der Waals surface area contributed by atoms with Crippen molar-refractivity contribution in [1.29, 1.82) is 0 Å². The molecule has 5 heteroatoms. The lowest BCUT2D eigenvalue weighted by Crippen LogP contribution is -2.49. The highest BCUT2D eigenvalue weighted by atomic mass is 35.5. The van der Waals surface area contributed by atoms with Crippen LogP contribution in [0.4, 0.5) is 11.4 Å². The van der Waals surface area contributed by atoms with Crippen LogP contribution in [-0.2, 0) is 0 Å². The summed E-state index contributed by atoms with van der Waals surface area (Å²) in [4.78, 5) is 16.7. The van der Waals surface area contributed by atoms with Gasteiger partial charge >= 0.3 is 0 Å². The molecule has 0 spiro atoms. The van der Waals surface area contributed by atoms with Gasteiger partial charge in [-0.25, -0.2) is 0 Å². The third-order valence-corrected chi connectivity index (χ3v) is 4.56. The number of carbonyl (C=O) groups is 1. The van der Waals surface area contributed by atoms with Crippen molar-refractivity contribution in [2.45, 2.75) is 6.92 Å². The summed E-state index contributed by atoms with van der Waals surface area (Å²) >= 11 is 6.28. The number of anilines is 2. The predicted molar refractivity (Wildman–Crippen MR) is 95.2 cm³/mol. The fraction of sp³-hybridized carbons (Fsp3) is 0.278. The number of piperazine rings is 1. The first kappa shape index (κ1) is 15.7. The van der Waals surface area contributed by atoms with Crippen LogP contribution in [0.2, 0.25) is 5.02 Å². The second-order valence-corrected chi connectivity index (χ2v) is 6.21. The van der Waals surface area contributed by atoms with Crippen molar-refractivity contribution in [2.24, 2.45) is 0 Å². The molecule has 1 fully saturated rings. The number of amides is 1. The van der Waals surface area contributed by atoms with Crippen molar-refractivity contribution in [2.75, 3.05) is 36.8 Å². The molecule has 23 heavy (non-hydrogen) atoms. The lowest BCUT2D eigenvalue weighted by molar-refractivity contribution is 0.0746. The van der Waals surface area contributed by atoms with E-state index in [1.54, 1.807) is 6.07 Å². The van der Waals surface area contributed by atoms with Gasteiger partial charge in [-0.2, -0.15) is 0 Å². The number of hydrogen-bond donors (Lipinski definition) is 1. The Hall–Kier alpha value is -2.20. The third-order valence-electron chi connectivity index (χ3n) is 4.25. The Kier molecular flexibility index (Phi) is 4.44. The van der Waals surface area contributed by atoms with Crippen LogP contribution in [0.5, 0.6) is 0 Å². The molecular weight excluding hydrogens is 310 g/mol. The average Bonchev–Trinajstić information content (AvgIpc) is 2.55. The molecule has 120 valence electrons. The van der Waals surface area contributed by atoms with E-state index in [2.05, 4.69) is 4.90 Å². The summed E-state index contributed by atoms with van der Waals surface area (Å²) in [6, 6.07) is 13.3. The molecule has 3 rings (SSSR count). The van der Waals surface area contributed by atoms with Gasteiger partial charge in [0.25, 0.3) is 5.91 Å². The maximum Gasteiger partial charge on any atom is 0.254 e. The molecule has 4 nitrogen and oxygen atoms in total. The van der Waals surface area contributed by atoms with Crippen LogP contribution < -0.4 is 10.6 Å². The Morgan fingerprint density at radius 3 is 2.43 bits per heavy atom. The lowest BCUT2D eigenvalue weighted by Gasteiger charge is -2.36. The highest BCUT2D eigenvalue weighted by molar-refractivity contribution is 6.33. The van der Waals surface area contributed by atoms with E-state index in [0.717, 1.165) is 29.9 Å². The van der Waals surface area contributed by atoms with Crippen molar-refractivity contribution < 1.29 is 4.79 Å². The van der Waals surface area contributed by atoms with Crippen LogP contribution in [0, 0.1) is 6.92 Å². The van der Waals surface area contributed by atoms with Gasteiger partial charge in [0.15, 0.2) is 0 Å². The highest BCUT2D eigenvalue weighted by Crippen LogP contribution is 2.28. The largest absolute Gasteiger partial charge is 0.399 e. The van der Waals surface area contributed by atoms with Crippen molar-refractivity contribution in [3.8, 4) is 0 Å². The first-order chi connectivity index (χ1) is 11.1. The number of carbonyl (C=O) groups excluding carboxylic acids is 1.